The van der Waals surface area contributed by atoms with Gasteiger partial charge in [0.05, 0.1) is 11.3 Å². The minimum Gasteiger partial charge on any atom is -0.425 e. The molecule has 1 fully saturated rings. The van der Waals surface area contributed by atoms with Crippen LogP contribution in [0.1, 0.15) is 59.7 Å². The van der Waals surface area contributed by atoms with Crippen molar-refractivity contribution < 1.29 is 9.21 Å². The van der Waals surface area contributed by atoms with Crippen LogP contribution in [0.15, 0.2) is 16.5 Å². The van der Waals surface area contributed by atoms with E-state index in [4.69, 9.17) is 4.42 Å². The molecule has 2 aromatic rings. The highest BCUT2D eigenvalue weighted by molar-refractivity contribution is 5.95. The van der Waals surface area contributed by atoms with Crippen molar-refractivity contribution in [1.29, 1.82) is 0 Å². The fraction of sp³-hybridized carbons (Fsp3) is 0.556. The van der Waals surface area contributed by atoms with Crippen LogP contribution in [0.25, 0.3) is 0 Å². The number of nitrogens with one attached hydrogen (secondary N) is 1. The number of nitrogens with zero attached hydrogens (tertiary/aromatic N) is 3. The van der Waals surface area contributed by atoms with Crippen LogP contribution in [0.4, 0.5) is 0 Å². The molecule has 1 N–H and O–H groups in total. The maximum atomic E-state index is 12.4. The van der Waals surface area contributed by atoms with Gasteiger partial charge in [-0.1, -0.05) is 6.92 Å². The molecule has 0 unspecified atom stereocenters. The first-order valence-corrected chi connectivity index (χ1v) is 8.61. The fourth-order valence-corrected chi connectivity index (χ4v) is 3.34. The Kier molecular flexibility index (Phi) is 4.92. The highest BCUT2D eigenvalue weighted by Gasteiger charge is 2.28. The van der Waals surface area contributed by atoms with Crippen LogP contribution in [-0.4, -0.2) is 27.1 Å². The Morgan fingerprint density at radius 2 is 2.04 bits per heavy atom. The number of carbonyl (C=O) groups is 1. The Labute approximate surface area is 142 Å². The highest BCUT2D eigenvalue weighted by Crippen LogP contribution is 2.28. The molecule has 1 amide bonds. The van der Waals surface area contributed by atoms with Crippen molar-refractivity contribution in [1.82, 2.24) is 20.5 Å². The maximum absolute atomic E-state index is 12.4. The third kappa shape index (κ3) is 3.80. The zero-order valence-corrected chi connectivity index (χ0v) is 14.5. The first-order valence-electron chi connectivity index (χ1n) is 8.61. The average Bonchev–Trinajstić information content (AvgIpc) is 3.17. The summed E-state index contributed by atoms with van der Waals surface area (Å²) < 4.78 is 5.59. The van der Waals surface area contributed by atoms with Crippen molar-refractivity contribution in [3.8, 4) is 0 Å². The first-order chi connectivity index (χ1) is 11.5. The second kappa shape index (κ2) is 7.11. The number of carbonyl (C=O) groups excluding carboxylic acids is 1. The van der Waals surface area contributed by atoms with Crippen LogP contribution >= 0.6 is 0 Å². The first kappa shape index (κ1) is 16.6. The van der Waals surface area contributed by atoms with Gasteiger partial charge in [-0.2, -0.15) is 0 Å². The molecule has 6 nitrogen and oxygen atoms in total. The lowest BCUT2D eigenvalue weighted by Gasteiger charge is -2.14. The lowest BCUT2D eigenvalue weighted by Crippen LogP contribution is -2.33. The second-order valence-electron chi connectivity index (χ2n) is 6.58. The van der Waals surface area contributed by atoms with Crippen LogP contribution in [-0.2, 0) is 12.8 Å². The molecule has 0 saturated heterocycles. The summed E-state index contributed by atoms with van der Waals surface area (Å²) in [5.41, 5.74) is 2.37. The molecule has 2 atom stereocenters. The van der Waals surface area contributed by atoms with Crippen molar-refractivity contribution >= 4 is 5.91 Å². The molecule has 0 bridgehead atoms. The van der Waals surface area contributed by atoms with E-state index in [-0.39, 0.29) is 11.9 Å². The summed E-state index contributed by atoms with van der Waals surface area (Å²) in [6.07, 6.45) is 4.57. The van der Waals surface area contributed by atoms with Crippen molar-refractivity contribution in [2.24, 2.45) is 5.92 Å². The van der Waals surface area contributed by atoms with Gasteiger partial charge in [-0.25, -0.2) is 0 Å². The minimum atomic E-state index is -0.0308. The van der Waals surface area contributed by atoms with Gasteiger partial charge in [-0.3, -0.25) is 9.78 Å². The number of hydrogen-bond donors (Lipinski definition) is 1. The molecule has 0 radical (unpaired) electrons. The van der Waals surface area contributed by atoms with E-state index in [0.29, 0.717) is 23.3 Å². The number of rotatable bonds is 5. The molecule has 0 aromatic carbocycles. The van der Waals surface area contributed by atoms with E-state index in [0.717, 1.165) is 43.5 Å². The molecular formula is C18H24N4O2. The van der Waals surface area contributed by atoms with E-state index in [2.05, 4.69) is 20.5 Å². The van der Waals surface area contributed by atoms with Gasteiger partial charge in [0.2, 0.25) is 11.8 Å². The Balaban J connectivity index is 1.54. The molecule has 6 heteroatoms. The van der Waals surface area contributed by atoms with Gasteiger partial charge in [0.1, 0.15) is 0 Å². The monoisotopic (exact) mass is 328 g/mol. The van der Waals surface area contributed by atoms with Gasteiger partial charge < -0.3 is 9.73 Å². The van der Waals surface area contributed by atoms with Crippen molar-refractivity contribution in [3.63, 3.8) is 0 Å². The molecule has 1 aliphatic rings. The van der Waals surface area contributed by atoms with Crippen LogP contribution in [0.3, 0.4) is 0 Å². The molecule has 3 rings (SSSR count). The largest absolute Gasteiger partial charge is 0.425 e. The lowest BCUT2D eigenvalue weighted by molar-refractivity contribution is 0.0936. The predicted octanol–water partition coefficient (Wildman–Crippen LogP) is 2.79. The quantitative estimate of drug-likeness (QED) is 0.913. The molecule has 0 spiro atoms. The van der Waals surface area contributed by atoms with Crippen LogP contribution < -0.4 is 5.32 Å². The second-order valence-corrected chi connectivity index (χ2v) is 6.58. The van der Waals surface area contributed by atoms with E-state index in [1.165, 1.54) is 0 Å². The smallest absolute Gasteiger partial charge is 0.253 e. The fourth-order valence-electron chi connectivity index (χ4n) is 3.34. The average molecular weight is 328 g/mol. The summed E-state index contributed by atoms with van der Waals surface area (Å²) in [5.74, 6) is 1.85. The SMILES string of the molecule is CCc1nnc(C[C@@H]2CC[C@H](NC(=O)c3ccc(C)nc3C)C2)o1. The summed E-state index contributed by atoms with van der Waals surface area (Å²) >= 11 is 0. The molecular weight excluding hydrogens is 304 g/mol. The lowest BCUT2D eigenvalue weighted by atomic mass is 10.0. The Morgan fingerprint density at radius 3 is 2.75 bits per heavy atom. The number of pyridine rings is 1. The van der Waals surface area contributed by atoms with E-state index in [1.807, 2.05) is 32.9 Å². The van der Waals surface area contributed by atoms with Crippen LogP contribution in [0.5, 0.6) is 0 Å². The third-order valence-corrected chi connectivity index (χ3v) is 4.62. The molecule has 24 heavy (non-hydrogen) atoms. The normalized spacial score (nSPS) is 20.3. The summed E-state index contributed by atoms with van der Waals surface area (Å²) in [6, 6.07) is 3.93. The third-order valence-electron chi connectivity index (χ3n) is 4.62. The van der Waals surface area contributed by atoms with E-state index < -0.39 is 0 Å². The predicted molar refractivity (Wildman–Crippen MR) is 89.7 cm³/mol. The number of aryl methyl sites for hydroxylation is 3. The molecule has 1 saturated carbocycles. The van der Waals surface area contributed by atoms with Gasteiger partial charge >= 0.3 is 0 Å². The van der Waals surface area contributed by atoms with Crippen molar-refractivity contribution in [2.75, 3.05) is 0 Å². The van der Waals surface area contributed by atoms with Gasteiger partial charge in [-0.05, 0) is 51.2 Å². The zero-order valence-electron chi connectivity index (χ0n) is 14.5. The summed E-state index contributed by atoms with van der Waals surface area (Å²) in [6.45, 7) is 5.80. The van der Waals surface area contributed by atoms with Gasteiger partial charge in [0.15, 0.2) is 0 Å². The molecule has 1 aliphatic carbocycles. The Morgan fingerprint density at radius 1 is 1.25 bits per heavy atom. The number of aromatic nitrogens is 3. The minimum absolute atomic E-state index is 0.0308. The van der Waals surface area contributed by atoms with E-state index in [1.54, 1.807) is 0 Å². The standard InChI is InChI=1S/C18H24N4O2/c1-4-16-21-22-17(24-16)10-13-6-7-14(9-13)20-18(23)15-8-5-11(2)19-12(15)3/h5,8,13-14H,4,6-7,9-10H2,1-3H3,(H,20,23)/t13-,14+/m1/s1. The van der Waals surface area contributed by atoms with Gasteiger partial charge in [-0.15, -0.1) is 10.2 Å². The summed E-state index contributed by atoms with van der Waals surface area (Å²) in [7, 11) is 0. The zero-order chi connectivity index (χ0) is 17.1. The van der Waals surface area contributed by atoms with Crippen molar-refractivity contribution in [2.45, 2.75) is 58.9 Å². The van der Waals surface area contributed by atoms with Crippen LogP contribution in [0.2, 0.25) is 0 Å². The number of hydrogen-bond acceptors (Lipinski definition) is 5. The maximum Gasteiger partial charge on any atom is 0.253 e. The summed E-state index contributed by atoms with van der Waals surface area (Å²) in [4.78, 5) is 16.8. The van der Waals surface area contributed by atoms with E-state index >= 15 is 0 Å². The van der Waals surface area contributed by atoms with E-state index in [9.17, 15) is 4.79 Å². The van der Waals surface area contributed by atoms with Gasteiger partial charge in [0.25, 0.3) is 5.91 Å². The summed E-state index contributed by atoms with van der Waals surface area (Å²) in [5, 5.41) is 11.2. The number of amides is 1. The van der Waals surface area contributed by atoms with Crippen molar-refractivity contribution in [3.05, 3.63) is 40.9 Å². The van der Waals surface area contributed by atoms with Gasteiger partial charge in [0, 0.05) is 24.6 Å². The molecule has 0 aliphatic heterocycles. The Hall–Kier alpha value is -2.24. The van der Waals surface area contributed by atoms with Crippen LogP contribution in [0, 0.1) is 19.8 Å². The molecule has 2 aromatic heterocycles. The highest BCUT2D eigenvalue weighted by atomic mass is 16.4. The topological polar surface area (TPSA) is 80.9 Å². The molecule has 128 valence electrons. The Bertz CT molecular complexity index is 726. The molecule has 2 heterocycles.